The van der Waals surface area contributed by atoms with Gasteiger partial charge in [-0.15, -0.1) is 0 Å². The molecule has 0 saturated carbocycles. The topological polar surface area (TPSA) is 108 Å². The third-order valence-corrected chi connectivity index (χ3v) is 10.0. The smallest absolute Gasteiger partial charge is 0.429 e. The monoisotopic (exact) mass is 753 g/mol. The van der Waals surface area contributed by atoms with Gasteiger partial charge in [-0.1, -0.05) is 86.8 Å². The predicted molar refractivity (Wildman–Crippen MR) is 187 cm³/mol. The Morgan fingerprint density at radius 2 is 1.59 bits per heavy atom. The zero-order chi connectivity index (χ0) is 32.5. The number of para-hydroxylation sites is 1. The molecule has 0 aromatic heterocycles. The molecule has 0 aliphatic carbocycles. The van der Waals surface area contributed by atoms with Crippen molar-refractivity contribution in [3.63, 3.8) is 0 Å². The van der Waals surface area contributed by atoms with Crippen molar-refractivity contribution in [2.24, 2.45) is 11.7 Å². The van der Waals surface area contributed by atoms with Gasteiger partial charge in [0.05, 0.1) is 12.2 Å². The highest BCUT2D eigenvalue weighted by atomic mass is 79.9. The van der Waals surface area contributed by atoms with Gasteiger partial charge in [-0.05, 0) is 68.1 Å². The number of ketones is 1. The van der Waals surface area contributed by atoms with E-state index in [0.717, 1.165) is 89.6 Å². The quantitative estimate of drug-likeness (QED) is 0.163. The van der Waals surface area contributed by atoms with Crippen molar-refractivity contribution in [2.45, 2.75) is 38.6 Å². The van der Waals surface area contributed by atoms with Gasteiger partial charge in [-0.25, -0.2) is 14.8 Å². The average Bonchev–Trinajstić information content (AvgIpc) is 3.07. The van der Waals surface area contributed by atoms with E-state index in [1.54, 1.807) is 5.01 Å². The van der Waals surface area contributed by atoms with Gasteiger partial charge in [-0.2, -0.15) is 0 Å². The van der Waals surface area contributed by atoms with E-state index in [9.17, 15) is 14.4 Å². The molecule has 3 N–H and O–H groups in total. The van der Waals surface area contributed by atoms with Crippen LogP contribution in [-0.2, 0) is 16.1 Å². The Kier molecular flexibility index (Phi) is 12.4. The van der Waals surface area contributed by atoms with E-state index in [-0.39, 0.29) is 30.8 Å². The molecule has 0 unspecified atom stereocenters. The van der Waals surface area contributed by atoms with Gasteiger partial charge in [0.15, 0.2) is 5.78 Å². The fourth-order valence-corrected chi connectivity index (χ4v) is 7.15. The van der Waals surface area contributed by atoms with Crippen molar-refractivity contribution < 1.29 is 19.1 Å². The van der Waals surface area contributed by atoms with Gasteiger partial charge >= 0.3 is 6.09 Å². The Balaban J connectivity index is 1.15. The molecule has 46 heavy (non-hydrogen) atoms. The number of amides is 2. The lowest BCUT2D eigenvalue weighted by Gasteiger charge is -2.37. The molecule has 2 amide bonds. The first kappa shape index (κ1) is 34.3. The largest absolute Gasteiger partial charge is 0.447 e. The second kappa shape index (κ2) is 16.6. The highest BCUT2D eigenvalue weighted by Gasteiger charge is 2.28. The summed E-state index contributed by atoms with van der Waals surface area (Å²) in [5.41, 5.74) is 9.89. The van der Waals surface area contributed by atoms with E-state index >= 15 is 0 Å². The number of anilines is 1. The Morgan fingerprint density at radius 1 is 0.891 bits per heavy atom. The summed E-state index contributed by atoms with van der Waals surface area (Å²) in [5, 5.41) is 6.89. The van der Waals surface area contributed by atoms with E-state index < -0.39 is 6.09 Å². The number of hydrogen-bond acceptors (Lipinski definition) is 7. The van der Waals surface area contributed by atoms with Gasteiger partial charge < -0.3 is 15.8 Å². The summed E-state index contributed by atoms with van der Waals surface area (Å²) in [5.74, 6) is -0.339. The number of ether oxygens (including phenoxy) is 1. The maximum Gasteiger partial charge on any atom is 0.429 e. The van der Waals surface area contributed by atoms with Crippen LogP contribution in [0.25, 0.3) is 11.1 Å². The summed E-state index contributed by atoms with van der Waals surface area (Å²) in [7, 11) is 0. The highest BCUT2D eigenvalue weighted by Crippen LogP contribution is 2.33. The first-order chi connectivity index (χ1) is 22.3. The normalized spacial score (nSPS) is 16.2. The fraction of sp³-hybridized carbons (Fsp3) is 0.400. The lowest BCUT2D eigenvalue weighted by molar-refractivity contribution is -0.123. The second-order valence-corrected chi connectivity index (χ2v) is 13.5. The molecule has 2 aliphatic rings. The first-order valence-electron chi connectivity index (χ1n) is 15.9. The van der Waals surface area contributed by atoms with Gasteiger partial charge in [0.2, 0.25) is 5.91 Å². The summed E-state index contributed by atoms with van der Waals surface area (Å²) in [4.78, 5) is 40.5. The van der Waals surface area contributed by atoms with Crippen LogP contribution in [0.2, 0.25) is 0 Å². The molecule has 3 aromatic rings. The number of nitrogens with zero attached hydrogens (tertiary/aromatic N) is 3. The first-order valence-corrected chi connectivity index (χ1v) is 17.5. The van der Waals surface area contributed by atoms with Crippen molar-refractivity contribution in [1.82, 2.24) is 15.2 Å². The lowest BCUT2D eigenvalue weighted by atomic mass is 9.96. The van der Waals surface area contributed by atoms with E-state index in [2.05, 4.69) is 47.1 Å². The third kappa shape index (κ3) is 8.83. The molecule has 2 fully saturated rings. The highest BCUT2D eigenvalue weighted by molar-refractivity contribution is 9.11. The van der Waals surface area contributed by atoms with Gasteiger partial charge in [0.25, 0.3) is 0 Å². The zero-order valence-electron chi connectivity index (χ0n) is 25.9. The summed E-state index contributed by atoms with van der Waals surface area (Å²) >= 11 is 7.23. The molecule has 2 heterocycles. The van der Waals surface area contributed by atoms with Crippen LogP contribution in [0.4, 0.5) is 10.5 Å². The molecular weight excluding hydrogens is 714 g/mol. The number of piperidine rings is 2. The number of carbonyl (C=O) groups excluding carboxylic acids is 3. The summed E-state index contributed by atoms with van der Waals surface area (Å²) < 4.78 is 7.35. The maximum absolute atomic E-state index is 13.6. The molecule has 0 spiro atoms. The van der Waals surface area contributed by atoms with Crippen LogP contribution in [0.3, 0.4) is 0 Å². The number of hydrogen-bond donors (Lipinski definition) is 2. The molecule has 0 bridgehead atoms. The van der Waals surface area contributed by atoms with Crippen LogP contribution in [-0.4, -0.2) is 73.6 Å². The number of primary amides is 1. The number of benzene rings is 3. The minimum atomic E-state index is -0.431. The standard InChI is InChI=1S/C35H41Br2N5O4/c36-30-22-29(31(37)21-27(30)24-40-18-13-26(14-19-40)34(38)44)33(43)23-39-15-20-46-35(45)42(41-16-7-2-8-17-41)32-12-6-5-11-28(32)25-9-3-1-4-10-25/h1,3-6,9-12,21-22,26,39H,2,7-8,13-20,23-24H2,(H2,38,44). The number of likely N-dealkylation sites (tertiary alicyclic amines) is 1. The fourth-order valence-electron chi connectivity index (χ4n) is 6.07. The van der Waals surface area contributed by atoms with Crippen molar-refractivity contribution >= 4 is 55.3 Å². The molecule has 5 rings (SSSR count). The number of hydrazine groups is 1. The molecule has 11 heteroatoms. The van der Waals surface area contributed by atoms with Gasteiger partial charge in [0, 0.05) is 52.2 Å². The number of nitrogens with one attached hydrogen (secondary N) is 1. The molecule has 0 atom stereocenters. The summed E-state index contributed by atoms with van der Waals surface area (Å²) in [6.07, 6.45) is 4.28. The molecule has 9 nitrogen and oxygen atoms in total. The predicted octanol–water partition coefficient (Wildman–Crippen LogP) is 6.39. The number of rotatable bonds is 12. The number of nitrogens with two attached hydrogens (primary N) is 1. The van der Waals surface area contributed by atoms with Crippen LogP contribution < -0.4 is 16.1 Å². The average molecular weight is 756 g/mol. The SMILES string of the molecule is NC(=O)C1CCN(Cc2cc(Br)c(C(=O)CNCCOC(=O)N(c3ccccc3-c3ccccc3)N3CCCCC3)cc2Br)CC1. The summed E-state index contributed by atoms with van der Waals surface area (Å²) in [6.45, 7) is 4.46. The van der Waals surface area contributed by atoms with E-state index in [0.29, 0.717) is 18.7 Å². The second-order valence-electron chi connectivity index (χ2n) is 11.8. The van der Waals surface area contributed by atoms with Crippen LogP contribution in [0.5, 0.6) is 0 Å². The van der Waals surface area contributed by atoms with Crippen molar-refractivity contribution in [3.8, 4) is 11.1 Å². The number of Topliss-reactive ketones (excluding diaryl/α,β-unsaturated/α-hetero) is 1. The molecule has 2 saturated heterocycles. The van der Waals surface area contributed by atoms with E-state index in [1.165, 1.54) is 0 Å². The van der Waals surface area contributed by atoms with E-state index in [4.69, 9.17) is 10.5 Å². The Hall–Kier alpha value is -3.09. The molecule has 0 radical (unpaired) electrons. The van der Waals surface area contributed by atoms with Gasteiger partial charge in [-0.3, -0.25) is 14.5 Å². The Morgan fingerprint density at radius 3 is 2.30 bits per heavy atom. The molecule has 3 aromatic carbocycles. The lowest BCUT2D eigenvalue weighted by Crippen LogP contribution is -2.50. The third-order valence-electron chi connectivity index (χ3n) is 8.62. The Labute approximate surface area is 287 Å². The van der Waals surface area contributed by atoms with Crippen LogP contribution in [0.1, 0.15) is 48.0 Å². The van der Waals surface area contributed by atoms with Gasteiger partial charge in [0.1, 0.15) is 6.61 Å². The molecule has 244 valence electrons. The molecule has 2 aliphatic heterocycles. The summed E-state index contributed by atoms with van der Waals surface area (Å²) in [6, 6.07) is 21.8. The van der Waals surface area contributed by atoms with Crippen molar-refractivity contribution in [3.05, 3.63) is 86.8 Å². The van der Waals surface area contributed by atoms with E-state index in [1.807, 2.05) is 66.7 Å². The minimum absolute atomic E-state index is 0.0487. The van der Waals surface area contributed by atoms with Crippen LogP contribution in [0.15, 0.2) is 75.7 Å². The molecular formula is C35H41Br2N5O4. The number of carbonyl (C=O) groups is 3. The van der Waals surface area contributed by atoms with Crippen molar-refractivity contribution in [1.29, 1.82) is 0 Å². The zero-order valence-corrected chi connectivity index (χ0v) is 29.1. The maximum atomic E-state index is 13.6. The van der Waals surface area contributed by atoms with Crippen molar-refractivity contribution in [2.75, 3.05) is 50.9 Å². The van der Waals surface area contributed by atoms with Crippen LogP contribution >= 0.6 is 31.9 Å². The minimum Gasteiger partial charge on any atom is -0.447 e. The van der Waals surface area contributed by atoms with Crippen LogP contribution in [0, 0.1) is 5.92 Å². The Bertz CT molecular complexity index is 1510. The number of halogens is 2.